The van der Waals surface area contributed by atoms with E-state index in [1.807, 2.05) is 48.7 Å². The van der Waals surface area contributed by atoms with Gasteiger partial charge in [0.05, 0.1) is 11.4 Å². The summed E-state index contributed by atoms with van der Waals surface area (Å²) < 4.78 is 0.589. The molecule has 0 radical (unpaired) electrons. The third kappa shape index (κ3) is 3.83. The Labute approximate surface area is 149 Å². The molecule has 3 rings (SSSR count). The molecule has 1 saturated heterocycles. The Morgan fingerprint density at radius 1 is 1.30 bits per heavy atom. The van der Waals surface area contributed by atoms with Crippen LogP contribution in [0.15, 0.2) is 58.6 Å². The normalized spacial score (nSPS) is 16.4. The van der Waals surface area contributed by atoms with E-state index < -0.39 is 0 Å². The van der Waals surface area contributed by atoms with E-state index in [0.29, 0.717) is 15.8 Å². The Kier molecular flexibility index (Phi) is 5.15. The first-order valence-electron chi connectivity index (χ1n) is 6.95. The number of rotatable bonds is 4. The number of hydrogen-bond acceptors (Lipinski definition) is 5. The van der Waals surface area contributed by atoms with Crippen molar-refractivity contribution in [1.82, 2.24) is 9.88 Å². The molecular weight excluding hydrogens is 344 g/mol. The summed E-state index contributed by atoms with van der Waals surface area (Å²) in [5, 5.41) is 0. The molecule has 0 spiro atoms. The quantitative estimate of drug-likeness (QED) is 0.465. The first-order chi connectivity index (χ1) is 11.2. The zero-order valence-corrected chi connectivity index (χ0v) is 14.9. The third-order valence-electron chi connectivity index (χ3n) is 3.35. The van der Waals surface area contributed by atoms with E-state index in [2.05, 4.69) is 4.98 Å². The average molecular weight is 359 g/mol. The predicted octanol–water partition coefficient (Wildman–Crippen LogP) is 4.20. The lowest BCUT2D eigenvalue weighted by atomic mass is 10.2. The highest BCUT2D eigenvalue weighted by Crippen LogP contribution is 2.33. The van der Waals surface area contributed by atoms with Crippen LogP contribution >= 0.6 is 35.7 Å². The fraction of sp³-hybridized carbons (Fsp3) is 0.118. The average Bonchev–Trinajstić information content (AvgIpc) is 2.84. The van der Waals surface area contributed by atoms with Gasteiger partial charge in [-0.2, -0.15) is 0 Å². The van der Waals surface area contributed by atoms with Crippen LogP contribution in [-0.4, -0.2) is 26.4 Å². The Hall–Kier alpha value is -1.63. The summed E-state index contributed by atoms with van der Waals surface area (Å²) in [5.41, 5.74) is 1.97. The summed E-state index contributed by atoms with van der Waals surface area (Å²) in [4.78, 5) is 20.1. The maximum Gasteiger partial charge on any atom is 0.266 e. The molecule has 1 amide bonds. The molecule has 116 valence electrons. The molecule has 1 fully saturated rings. The number of pyridine rings is 1. The number of benzene rings is 1. The van der Waals surface area contributed by atoms with Gasteiger partial charge in [-0.1, -0.05) is 42.2 Å². The molecule has 0 saturated carbocycles. The number of carbonyl (C=O) groups is 1. The Morgan fingerprint density at radius 2 is 2.09 bits per heavy atom. The van der Waals surface area contributed by atoms with Crippen molar-refractivity contribution >= 4 is 52.0 Å². The number of hydrogen-bond donors (Lipinski definition) is 0. The fourth-order valence-electron chi connectivity index (χ4n) is 2.16. The monoisotopic (exact) mass is 358 g/mol. The second-order valence-electron chi connectivity index (χ2n) is 4.90. The zero-order chi connectivity index (χ0) is 16.2. The van der Waals surface area contributed by atoms with Gasteiger partial charge in [-0.25, -0.2) is 0 Å². The molecule has 1 aliphatic rings. The molecule has 0 atom stereocenters. The number of aromatic nitrogens is 1. The van der Waals surface area contributed by atoms with Crippen molar-refractivity contribution in [1.29, 1.82) is 0 Å². The van der Waals surface area contributed by atoms with Crippen molar-refractivity contribution < 1.29 is 4.79 Å². The molecule has 0 aliphatic carbocycles. The van der Waals surface area contributed by atoms with Crippen molar-refractivity contribution in [3.8, 4) is 0 Å². The van der Waals surface area contributed by atoms with Crippen LogP contribution in [0.4, 0.5) is 0 Å². The number of amides is 1. The number of thioether (sulfide) groups is 2. The van der Waals surface area contributed by atoms with Crippen LogP contribution in [0.1, 0.15) is 11.1 Å². The van der Waals surface area contributed by atoms with Gasteiger partial charge in [0.2, 0.25) is 0 Å². The molecule has 1 aliphatic heterocycles. The second kappa shape index (κ2) is 7.29. The van der Waals surface area contributed by atoms with Gasteiger partial charge in [-0.15, -0.1) is 11.8 Å². The molecule has 0 bridgehead atoms. The minimum absolute atomic E-state index is 0.0437. The number of thiocarbonyl (C=S) groups is 1. The largest absolute Gasteiger partial charge is 0.288 e. The summed E-state index contributed by atoms with van der Waals surface area (Å²) in [6, 6.07) is 11.9. The molecular formula is C17H14N2OS3. The van der Waals surface area contributed by atoms with Gasteiger partial charge in [-0.3, -0.25) is 14.7 Å². The van der Waals surface area contributed by atoms with Crippen molar-refractivity contribution in [2.75, 3.05) is 6.26 Å². The molecule has 2 aromatic rings. The van der Waals surface area contributed by atoms with Crippen LogP contribution in [-0.2, 0) is 11.3 Å². The Bertz CT molecular complexity index is 757. The van der Waals surface area contributed by atoms with Crippen molar-refractivity contribution in [3.63, 3.8) is 0 Å². The lowest BCUT2D eigenvalue weighted by molar-refractivity contribution is -0.122. The molecule has 3 nitrogen and oxygen atoms in total. The van der Waals surface area contributed by atoms with Crippen LogP contribution in [0.2, 0.25) is 0 Å². The van der Waals surface area contributed by atoms with Gasteiger partial charge in [0.15, 0.2) is 0 Å². The topological polar surface area (TPSA) is 33.2 Å². The highest BCUT2D eigenvalue weighted by molar-refractivity contribution is 8.26. The smallest absolute Gasteiger partial charge is 0.266 e. The van der Waals surface area contributed by atoms with E-state index in [-0.39, 0.29) is 5.91 Å². The van der Waals surface area contributed by atoms with E-state index in [0.717, 1.165) is 11.1 Å². The molecule has 0 unspecified atom stereocenters. The van der Waals surface area contributed by atoms with Crippen LogP contribution < -0.4 is 0 Å². The van der Waals surface area contributed by atoms with Gasteiger partial charge in [-0.05, 0) is 41.7 Å². The fourth-order valence-corrected chi connectivity index (χ4v) is 3.83. The van der Waals surface area contributed by atoms with E-state index in [4.69, 9.17) is 12.2 Å². The summed E-state index contributed by atoms with van der Waals surface area (Å²) in [7, 11) is 0. The lowest BCUT2D eigenvalue weighted by Gasteiger charge is -2.13. The lowest BCUT2D eigenvalue weighted by Crippen LogP contribution is -2.27. The van der Waals surface area contributed by atoms with E-state index in [1.54, 1.807) is 29.1 Å². The second-order valence-corrected chi connectivity index (χ2v) is 7.46. The maximum atomic E-state index is 12.6. The van der Waals surface area contributed by atoms with Crippen molar-refractivity contribution in [3.05, 3.63) is 64.8 Å². The minimum Gasteiger partial charge on any atom is -0.288 e. The van der Waals surface area contributed by atoms with Gasteiger partial charge >= 0.3 is 0 Å². The predicted molar refractivity (Wildman–Crippen MR) is 101 cm³/mol. The maximum absolute atomic E-state index is 12.6. The summed E-state index contributed by atoms with van der Waals surface area (Å²) in [5.74, 6) is -0.0437. The summed E-state index contributed by atoms with van der Waals surface area (Å²) >= 11 is 8.40. The van der Waals surface area contributed by atoms with E-state index >= 15 is 0 Å². The van der Waals surface area contributed by atoms with Gasteiger partial charge in [0, 0.05) is 17.3 Å². The van der Waals surface area contributed by atoms with Crippen LogP contribution in [0.3, 0.4) is 0 Å². The molecule has 23 heavy (non-hydrogen) atoms. The number of nitrogens with zero attached hydrogens (tertiary/aromatic N) is 2. The van der Waals surface area contributed by atoms with E-state index in [9.17, 15) is 4.79 Å². The molecule has 6 heteroatoms. The Balaban J connectivity index is 1.78. The molecule has 1 aromatic carbocycles. The first kappa shape index (κ1) is 16.2. The molecule has 2 heterocycles. The summed E-state index contributed by atoms with van der Waals surface area (Å²) in [6.07, 6.45) is 7.40. The standard InChI is InChI=1S/C17H14N2OS3/c1-22-14-6-4-12(5-7-14)9-15-16(20)19(17(21)23-15)11-13-3-2-8-18-10-13/h2-10H,11H2,1H3. The Morgan fingerprint density at radius 3 is 2.74 bits per heavy atom. The third-order valence-corrected chi connectivity index (χ3v) is 5.47. The number of carbonyl (C=O) groups excluding carboxylic acids is 1. The van der Waals surface area contributed by atoms with Gasteiger partial charge in [0.1, 0.15) is 4.32 Å². The summed E-state index contributed by atoms with van der Waals surface area (Å²) in [6.45, 7) is 0.460. The highest BCUT2D eigenvalue weighted by Gasteiger charge is 2.31. The van der Waals surface area contributed by atoms with Crippen molar-refractivity contribution in [2.45, 2.75) is 11.4 Å². The zero-order valence-electron chi connectivity index (χ0n) is 12.4. The molecule has 1 aromatic heterocycles. The van der Waals surface area contributed by atoms with Gasteiger partial charge < -0.3 is 0 Å². The highest BCUT2D eigenvalue weighted by atomic mass is 32.2. The van der Waals surface area contributed by atoms with E-state index in [1.165, 1.54) is 16.7 Å². The molecule has 0 N–H and O–H groups in total. The van der Waals surface area contributed by atoms with Crippen molar-refractivity contribution in [2.24, 2.45) is 0 Å². The van der Waals surface area contributed by atoms with Crippen LogP contribution in [0, 0.1) is 0 Å². The van der Waals surface area contributed by atoms with Gasteiger partial charge in [0.25, 0.3) is 5.91 Å². The SMILES string of the molecule is CSc1ccc(C=C2SC(=S)N(Cc3cccnc3)C2=O)cc1. The minimum atomic E-state index is -0.0437. The van der Waals surface area contributed by atoms with Crippen LogP contribution in [0.5, 0.6) is 0 Å². The van der Waals surface area contributed by atoms with Crippen LogP contribution in [0.25, 0.3) is 6.08 Å². The first-order valence-corrected chi connectivity index (χ1v) is 9.40.